The van der Waals surface area contributed by atoms with Gasteiger partial charge in [-0.25, -0.2) is 8.42 Å². The van der Waals surface area contributed by atoms with Crippen LogP contribution in [0.1, 0.15) is 13.8 Å². The number of ether oxygens (including phenoxy) is 1. The predicted octanol–water partition coefficient (Wildman–Crippen LogP) is 0.409. The molecule has 0 unspecified atom stereocenters. The van der Waals surface area contributed by atoms with E-state index in [4.69, 9.17) is 9.84 Å². The van der Waals surface area contributed by atoms with Gasteiger partial charge >= 0.3 is 0 Å². The number of rotatable bonds is 4. The Hall–Kier alpha value is -1.64. The van der Waals surface area contributed by atoms with Crippen LogP contribution in [0.3, 0.4) is 0 Å². The molecule has 0 atom stereocenters. The number of nitrogens with one attached hydrogen (secondary N) is 1. The fraction of sp³-hybridized carbons (Fsp3) is 0.462. The average Bonchev–Trinajstić information content (AvgIpc) is 2.39. The smallest absolute Gasteiger partial charge is 0.268 e. The quantitative estimate of drug-likeness (QED) is 0.839. The Labute approximate surface area is 123 Å². The summed E-state index contributed by atoms with van der Waals surface area (Å²) in [5, 5.41) is 11.5. The maximum absolute atomic E-state index is 12.3. The molecule has 0 saturated carbocycles. The maximum atomic E-state index is 12.3. The van der Waals surface area contributed by atoms with Gasteiger partial charge in [0.15, 0.2) is 5.60 Å². The first kappa shape index (κ1) is 15.7. The van der Waals surface area contributed by atoms with Crippen LogP contribution in [-0.4, -0.2) is 49.5 Å². The zero-order valence-electron chi connectivity index (χ0n) is 12.1. The third kappa shape index (κ3) is 2.87. The number of aliphatic hydroxyl groups is 1. The second-order valence-electron chi connectivity index (χ2n) is 5.27. The van der Waals surface area contributed by atoms with Gasteiger partial charge in [0.05, 0.1) is 17.2 Å². The number of anilines is 1. The normalized spacial score (nSPS) is 17.1. The van der Waals surface area contributed by atoms with Crippen LogP contribution in [0, 0.1) is 0 Å². The van der Waals surface area contributed by atoms with Crippen molar-refractivity contribution >= 4 is 21.6 Å². The van der Waals surface area contributed by atoms with Gasteiger partial charge in [-0.05, 0) is 32.0 Å². The van der Waals surface area contributed by atoms with Gasteiger partial charge in [-0.15, -0.1) is 0 Å². The third-order valence-corrected chi connectivity index (χ3v) is 5.09. The largest absolute Gasteiger partial charge is 0.476 e. The van der Waals surface area contributed by atoms with Crippen LogP contribution < -0.4 is 10.1 Å². The first-order chi connectivity index (χ1) is 9.68. The highest BCUT2D eigenvalue weighted by molar-refractivity contribution is 7.89. The number of sulfonamides is 1. The van der Waals surface area contributed by atoms with Crippen LogP contribution in [0.2, 0.25) is 0 Å². The van der Waals surface area contributed by atoms with Gasteiger partial charge in [-0.2, -0.15) is 4.31 Å². The number of benzene rings is 1. The fourth-order valence-corrected chi connectivity index (χ4v) is 3.08. The molecule has 0 fully saturated rings. The molecule has 1 amide bonds. The summed E-state index contributed by atoms with van der Waals surface area (Å²) in [4.78, 5) is 11.9. The summed E-state index contributed by atoms with van der Waals surface area (Å²) < 4.78 is 31.1. The van der Waals surface area contributed by atoms with Crippen molar-refractivity contribution in [3.8, 4) is 5.75 Å². The van der Waals surface area contributed by atoms with E-state index in [1.165, 1.54) is 25.2 Å². The Balaban J connectivity index is 2.39. The summed E-state index contributed by atoms with van der Waals surface area (Å²) in [6.07, 6.45) is 0. The van der Waals surface area contributed by atoms with E-state index in [1.54, 1.807) is 13.8 Å². The molecule has 7 nitrogen and oxygen atoms in total. The number of amides is 1. The van der Waals surface area contributed by atoms with E-state index in [0.29, 0.717) is 11.4 Å². The molecule has 1 aliphatic heterocycles. The lowest BCUT2D eigenvalue weighted by Crippen LogP contribution is -2.45. The third-order valence-electron chi connectivity index (χ3n) is 3.23. The van der Waals surface area contributed by atoms with Gasteiger partial charge in [0, 0.05) is 13.6 Å². The van der Waals surface area contributed by atoms with Crippen molar-refractivity contribution in [2.24, 2.45) is 0 Å². The van der Waals surface area contributed by atoms with E-state index in [-0.39, 0.29) is 24.0 Å². The Bertz CT molecular complexity index is 669. The summed E-state index contributed by atoms with van der Waals surface area (Å²) in [6, 6.07) is 4.28. The highest BCUT2D eigenvalue weighted by atomic mass is 32.2. The van der Waals surface area contributed by atoms with Crippen LogP contribution >= 0.6 is 0 Å². The molecule has 1 aromatic rings. The number of carbonyl (C=O) groups excluding carboxylic acids is 1. The van der Waals surface area contributed by atoms with Crippen molar-refractivity contribution in [1.82, 2.24) is 4.31 Å². The van der Waals surface area contributed by atoms with Gasteiger partial charge in [0.1, 0.15) is 5.75 Å². The number of hydrogen-bond acceptors (Lipinski definition) is 5. The Kier molecular flexibility index (Phi) is 3.96. The molecule has 0 radical (unpaired) electrons. The Morgan fingerprint density at radius 2 is 2.05 bits per heavy atom. The second kappa shape index (κ2) is 5.28. The van der Waals surface area contributed by atoms with Crippen LogP contribution in [0.25, 0.3) is 0 Å². The highest BCUT2D eigenvalue weighted by Gasteiger charge is 2.36. The summed E-state index contributed by atoms with van der Waals surface area (Å²) in [5.41, 5.74) is -0.682. The van der Waals surface area contributed by atoms with Crippen LogP contribution in [0.4, 0.5) is 5.69 Å². The van der Waals surface area contributed by atoms with E-state index >= 15 is 0 Å². The fourth-order valence-electron chi connectivity index (χ4n) is 1.89. The van der Waals surface area contributed by atoms with E-state index in [0.717, 1.165) is 4.31 Å². The molecule has 2 rings (SSSR count). The number of nitrogens with zero attached hydrogens (tertiary/aromatic N) is 1. The van der Waals surface area contributed by atoms with E-state index in [1.807, 2.05) is 0 Å². The first-order valence-electron chi connectivity index (χ1n) is 6.40. The van der Waals surface area contributed by atoms with Crippen molar-refractivity contribution in [2.75, 3.05) is 25.5 Å². The molecule has 0 saturated heterocycles. The number of hydrogen-bond donors (Lipinski definition) is 2. The molecular weight excluding hydrogens is 296 g/mol. The Morgan fingerprint density at radius 3 is 2.67 bits per heavy atom. The lowest BCUT2D eigenvalue weighted by Gasteiger charge is -2.31. The monoisotopic (exact) mass is 314 g/mol. The number of aliphatic hydroxyl groups excluding tert-OH is 1. The molecule has 0 aliphatic carbocycles. The predicted molar refractivity (Wildman–Crippen MR) is 76.7 cm³/mol. The van der Waals surface area contributed by atoms with Crippen LogP contribution in [-0.2, 0) is 14.8 Å². The van der Waals surface area contributed by atoms with Gasteiger partial charge in [0.2, 0.25) is 10.0 Å². The minimum Gasteiger partial charge on any atom is -0.476 e. The van der Waals surface area contributed by atoms with E-state index < -0.39 is 15.6 Å². The van der Waals surface area contributed by atoms with Crippen molar-refractivity contribution in [3.63, 3.8) is 0 Å². The molecule has 1 heterocycles. The standard InChI is InChI=1S/C13H18N2O5S/c1-13(2)12(17)14-10-8-9(4-5-11(10)20-13)21(18,19)15(3)6-7-16/h4-5,8,16H,6-7H2,1-3H3,(H,14,17). The molecule has 21 heavy (non-hydrogen) atoms. The second-order valence-corrected chi connectivity index (χ2v) is 7.32. The van der Waals surface area contributed by atoms with Crippen LogP contribution in [0.5, 0.6) is 5.75 Å². The molecular formula is C13H18N2O5S. The van der Waals surface area contributed by atoms with Crippen molar-refractivity contribution < 1.29 is 23.1 Å². The van der Waals surface area contributed by atoms with Crippen molar-refractivity contribution in [2.45, 2.75) is 24.3 Å². The molecule has 0 aromatic heterocycles. The van der Waals surface area contributed by atoms with Gasteiger partial charge < -0.3 is 15.2 Å². The van der Waals surface area contributed by atoms with Gasteiger partial charge in [0.25, 0.3) is 5.91 Å². The number of likely N-dealkylation sites (N-methyl/N-ethyl adjacent to an activating group) is 1. The molecule has 8 heteroatoms. The lowest BCUT2D eigenvalue weighted by atomic mass is 10.1. The molecule has 2 N–H and O–H groups in total. The molecule has 1 aromatic carbocycles. The topological polar surface area (TPSA) is 95.9 Å². The van der Waals surface area contributed by atoms with Crippen molar-refractivity contribution in [3.05, 3.63) is 18.2 Å². The summed E-state index contributed by atoms with van der Waals surface area (Å²) >= 11 is 0. The van der Waals surface area contributed by atoms with Crippen LogP contribution in [0.15, 0.2) is 23.1 Å². The van der Waals surface area contributed by atoms with Gasteiger partial charge in [-0.1, -0.05) is 0 Å². The maximum Gasteiger partial charge on any atom is 0.268 e. The molecule has 0 spiro atoms. The van der Waals surface area contributed by atoms with Gasteiger partial charge in [-0.3, -0.25) is 4.79 Å². The lowest BCUT2D eigenvalue weighted by molar-refractivity contribution is -0.129. The minimum absolute atomic E-state index is 0.00465. The molecule has 0 bridgehead atoms. The average molecular weight is 314 g/mol. The van der Waals surface area contributed by atoms with E-state index in [9.17, 15) is 13.2 Å². The zero-order valence-corrected chi connectivity index (χ0v) is 12.9. The highest BCUT2D eigenvalue weighted by Crippen LogP contribution is 2.35. The summed E-state index contributed by atoms with van der Waals surface area (Å²) in [6.45, 7) is 2.99. The Morgan fingerprint density at radius 1 is 1.38 bits per heavy atom. The first-order valence-corrected chi connectivity index (χ1v) is 7.84. The minimum atomic E-state index is -3.71. The summed E-state index contributed by atoms with van der Waals surface area (Å²) in [7, 11) is -2.34. The molecule has 1 aliphatic rings. The zero-order chi connectivity index (χ0) is 15.8. The SMILES string of the molecule is CN(CCO)S(=O)(=O)c1ccc2c(c1)NC(=O)C(C)(C)O2. The van der Waals surface area contributed by atoms with Crippen molar-refractivity contribution in [1.29, 1.82) is 0 Å². The molecule has 116 valence electrons. The number of fused-ring (bicyclic) bond motifs is 1. The summed E-state index contributed by atoms with van der Waals surface area (Å²) in [5.74, 6) is 0.0802. The number of carbonyl (C=O) groups is 1. The van der Waals surface area contributed by atoms with E-state index in [2.05, 4.69) is 5.32 Å².